The van der Waals surface area contributed by atoms with Crippen LogP contribution in [0.3, 0.4) is 0 Å². The van der Waals surface area contributed by atoms with Crippen LogP contribution in [0, 0.1) is 0 Å². The molecule has 1 aromatic carbocycles. The van der Waals surface area contributed by atoms with E-state index >= 15 is 0 Å². The number of carbonyl (C=O) groups is 1. The van der Waals surface area contributed by atoms with E-state index in [4.69, 9.17) is 11.6 Å². The Bertz CT molecular complexity index is 568. The second-order valence-corrected chi connectivity index (χ2v) is 6.21. The molecule has 0 N–H and O–H groups in total. The Kier molecular flexibility index (Phi) is 3.14. The van der Waals surface area contributed by atoms with Gasteiger partial charge in [0.2, 0.25) is 5.91 Å². The summed E-state index contributed by atoms with van der Waals surface area (Å²) in [7, 11) is -3.25. The van der Waals surface area contributed by atoms with E-state index in [1.54, 1.807) is 18.2 Å². The zero-order valence-corrected chi connectivity index (χ0v) is 10.9. The third-order valence-electron chi connectivity index (χ3n) is 2.80. The van der Waals surface area contributed by atoms with Crippen LogP contribution in [-0.4, -0.2) is 33.0 Å². The van der Waals surface area contributed by atoms with Gasteiger partial charge in [0, 0.05) is 18.5 Å². The molecule has 1 aliphatic rings. The minimum absolute atomic E-state index is 0.0947. The number of benzene rings is 1. The number of fused-ring (bicyclic) bond motifs is 1. The van der Waals surface area contributed by atoms with E-state index in [1.165, 1.54) is 11.2 Å². The molecule has 0 aliphatic carbocycles. The van der Waals surface area contributed by atoms with Gasteiger partial charge in [0.25, 0.3) is 0 Å². The summed E-state index contributed by atoms with van der Waals surface area (Å²) >= 11 is 5.52. The van der Waals surface area contributed by atoms with Crippen LogP contribution in [0.2, 0.25) is 0 Å². The lowest BCUT2D eigenvalue weighted by Crippen LogP contribution is -2.29. The average molecular weight is 274 g/mol. The molecule has 0 saturated heterocycles. The van der Waals surface area contributed by atoms with Crippen molar-refractivity contribution in [3.63, 3.8) is 0 Å². The van der Waals surface area contributed by atoms with E-state index < -0.39 is 9.84 Å². The Morgan fingerprint density at radius 2 is 2.18 bits per heavy atom. The van der Waals surface area contributed by atoms with Crippen molar-refractivity contribution in [1.29, 1.82) is 0 Å². The predicted molar refractivity (Wildman–Crippen MR) is 66.3 cm³/mol. The number of rotatable bonds is 2. The van der Waals surface area contributed by atoms with Crippen LogP contribution in [0.5, 0.6) is 0 Å². The minimum Gasteiger partial charge on any atom is -0.311 e. The molecule has 92 valence electrons. The number of alkyl halides is 1. The third kappa shape index (κ3) is 2.17. The zero-order valence-electron chi connectivity index (χ0n) is 9.31. The fraction of sp³-hybridized carbons (Fsp3) is 0.364. The normalized spacial score (nSPS) is 14.8. The number of hydrogen-bond donors (Lipinski definition) is 0. The molecule has 0 radical (unpaired) electrons. The monoisotopic (exact) mass is 273 g/mol. The number of anilines is 1. The van der Waals surface area contributed by atoms with Crippen molar-refractivity contribution in [3.8, 4) is 0 Å². The van der Waals surface area contributed by atoms with E-state index in [-0.39, 0.29) is 11.8 Å². The first-order valence-electron chi connectivity index (χ1n) is 5.13. The first-order valence-corrected chi connectivity index (χ1v) is 7.56. The van der Waals surface area contributed by atoms with E-state index in [0.29, 0.717) is 29.1 Å². The first-order chi connectivity index (χ1) is 7.95. The zero-order chi connectivity index (χ0) is 12.6. The maximum Gasteiger partial charge on any atom is 0.241 e. The summed E-state index contributed by atoms with van der Waals surface area (Å²) in [5.74, 6) is -0.293. The molecule has 4 nitrogen and oxygen atoms in total. The molecule has 1 aromatic rings. The Balaban J connectivity index is 2.54. The summed E-state index contributed by atoms with van der Waals surface area (Å²) in [6.07, 6.45) is 1.73. The van der Waals surface area contributed by atoms with Crippen LogP contribution in [0.4, 0.5) is 5.69 Å². The van der Waals surface area contributed by atoms with Gasteiger partial charge in [0.15, 0.2) is 9.84 Å². The van der Waals surface area contributed by atoms with Crippen molar-refractivity contribution in [2.24, 2.45) is 0 Å². The number of sulfone groups is 1. The summed E-state index contributed by atoms with van der Waals surface area (Å²) < 4.78 is 23.2. The highest BCUT2D eigenvalue weighted by Crippen LogP contribution is 2.33. The Labute approximate surface area is 105 Å². The molecule has 17 heavy (non-hydrogen) atoms. The van der Waals surface area contributed by atoms with Crippen LogP contribution >= 0.6 is 11.6 Å². The van der Waals surface area contributed by atoms with Gasteiger partial charge >= 0.3 is 0 Å². The van der Waals surface area contributed by atoms with Crippen LogP contribution in [-0.2, 0) is 21.1 Å². The quantitative estimate of drug-likeness (QED) is 0.762. The maximum absolute atomic E-state index is 11.6. The smallest absolute Gasteiger partial charge is 0.241 e. The molecule has 0 saturated carbocycles. The molecule has 0 unspecified atom stereocenters. The molecule has 2 rings (SSSR count). The summed E-state index contributed by atoms with van der Waals surface area (Å²) in [6.45, 7) is 0.493. The standard InChI is InChI=1S/C11H12ClNO3S/c1-17(15,16)10-4-2-3-9-8(10)5-6-13(9)11(14)7-12/h2-4H,5-7H2,1H3. The maximum atomic E-state index is 11.6. The number of amides is 1. The molecule has 0 atom stereocenters. The molecular weight excluding hydrogens is 262 g/mol. The summed E-state index contributed by atoms with van der Waals surface area (Å²) in [6, 6.07) is 4.97. The molecular formula is C11H12ClNO3S. The lowest BCUT2D eigenvalue weighted by Gasteiger charge is -2.16. The molecule has 6 heteroatoms. The van der Waals surface area contributed by atoms with Gasteiger partial charge in [-0.25, -0.2) is 8.42 Å². The van der Waals surface area contributed by atoms with Gasteiger partial charge in [0.05, 0.1) is 4.90 Å². The first kappa shape index (κ1) is 12.4. The van der Waals surface area contributed by atoms with Crippen LogP contribution in [0.1, 0.15) is 5.56 Å². The highest BCUT2D eigenvalue weighted by molar-refractivity contribution is 7.90. The second kappa shape index (κ2) is 4.31. The number of carbonyl (C=O) groups excluding carboxylic acids is 1. The Morgan fingerprint density at radius 3 is 2.76 bits per heavy atom. The van der Waals surface area contributed by atoms with Gasteiger partial charge < -0.3 is 4.90 Å². The van der Waals surface area contributed by atoms with E-state index in [0.717, 1.165) is 0 Å². The summed E-state index contributed by atoms with van der Waals surface area (Å²) in [4.78, 5) is 13.4. The molecule has 0 aromatic heterocycles. The highest BCUT2D eigenvalue weighted by Gasteiger charge is 2.28. The van der Waals surface area contributed by atoms with Crippen molar-refractivity contribution < 1.29 is 13.2 Å². The van der Waals surface area contributed by atoms with Gasteiger partial charge in [-0.15, -0.1) is 11.6 Å². The molecule has 0 fully saturated rings. The van der Waals surface area contributed by atoms with Gasteiger partial charge in [-0.2, -0.15) is 0 Å². The molecule has 1 amide bonds. The van der Waals surface area contributed by atoms with Crippen LogP contribution in [0.15, 0.2) is 23.1 Å². The molecule has 0 spiro atoms. The average Bonchev–Trinajstić information content (AvgIpc) is 2.69. The predicted octanol–water partition coefficient (Wildman–Crippen LogP) is 1.22. The highest BCUT2D eigenvalue weighted by atomic mass is 35.5. The van der Waals surface area contributed by atoms with E-state index in [1.807, 2.05) is 0 Å². The molecule has 1 heterocycles. The third-order valence-corrected chi connectivity index (χ3v) is 4.21. The Hall–Kier alpha value is -1.07. The van der Waals surface area contributed by atoms with E-state index in [2.05, 4.69) is 0 Å². The van der Waals surface area contributed by atoms with Gasteiger partial charge in [-0.1, -0.05) is 6.07 Å². The SMILES string of the molecule is CS(=O)(=O)c1cccc2c1CCN2C(=O)CCl. The molecule has 1 aliphatic heterocycles. The second-order valence-electron chi connectivity index (χ2n) is 3.96. The lowest BCUT2D eigenvalue weighted by atomic mass is 10.2. The largest absolute Gasteiger partial charge is 0.311 e. The van der Waals surface area contributed by atoms with Crippen molar-refractivity contribution in [3.05, 3.63) is 23.8 Å². The summed E-state index contributed by atoms with van der Waals surface area (Å²) in [5, 5.41) is 0. The van der Waals surface area contributed by atoms with Crippen molar-refractivity contribution >= 4 is 33.0 Å². The van der Waals surface area contributed by atoms with Crippen LogP contribution < -0.4 is 4.90 Å². The molecule has 0 bridgehead atoms. The fourth-order valence-corrected chi connectivity index (χ4v) is 3.21. The van der Waals surface area contributed by atoms with Crippen molar-refractivity contribution in [2.45, 2.75) is 11.3 Å². The Morgan fingerprint density at radius 1 is 1.47 bits per heavy atom. The number of hydrogen-bond acceptors (Lipinski definition) is 3. The van der Waals surface area contributed by atoms with Gasteiger partial charge in [-0.05, 0) is 24.1 Å². The fourth-order valence-electron chi connectivity index (χ4n) is 2.08. The van der Waals surface area contributed by atoms with E-state index in [9.17, 15) is 13.2 Å². The minimum atomic E-state index is -3.25. The lowest BCUT2D eigenvalue weighted by molar-refractivity contribution is -0.116. The summed E-state index contributed by atoms with van der Waals surface area (Å²) in [5.41, 5.74) is 1.38. The van der Waals surface area contributed by atoms with Crippen LogP contribution in [0.25, 0.3) is 0 Å². The van der Waals surface area contributed by atoms with Crippen molar-refractivity contribution in [1.82, 2.24) is 0 Å². The topological polar surface area (TPSA) is 54.5 Å². The van der Waals surface area contributed by atoms with Gasteiger partial charge in [0.1, 0.15) is 5.88 Å². The van der Waals surface area contributed by atoms with Crippen molar-refractivity contribution in [2.75, 3.05) is 23.6 Å². The number of halogens is 1. The van der Waals surface area contributed by atoms with Gasteiger partial charge in [-0.3, -0.25) is 4.79 Å². The number of nitrogens with zero attached hydrogens (tertiary/aromatic N) is 1.